The van der Waals surface area contributed by atoms with Gasteiger partial charge in [0.25, 0.3) is 0 Å². The molecule has 1 fully saturated rings. The molecule has 1 aliphatic rings. The van der Waals surface area contributed by atoms with Crippen molar-refractivity contribution in [3.63, 3.8) is 0 Å². The summed E-state index contributed by atoms with van der Waals surface area (Å²) in [5.74, 6) is 0.893. The summed E-state index contributed by atoms with van der Waals surface area (Å²) in [5, 5.41) is 1.18. The van der Waals surface area contributed by atoms with E-state index in [0.29, 0.717) is 0 Å². The van der Waals surface area contributed by atoms with Gasteiger partial charge in [-0.15, -0.1) is 11.3 Å². The lowest BCUT2D eigenvalue weighted by atomic mass is 9.90. The summed E-state index contributed by atoms with van der Waals surface area (Å²) in [6, 6.07) is 6.06. The van der Waals surface area contributed by atoms with Crippen molar-refractivity contribution in [2.45, 2.75) is 19.9 Å². The summed E-state index contributed by atoms with van der Waals surface area (Å²) in [5.41, 5.74) is 7.20. The number of fused-ring (bicyclic) bond motifs is 1. The monoisotopic (exact) mass is 291 g/mol. The fourth-order valence-electron chi connectivity index (χ4n) is 2.77. The quantitative estimate of drug-likeness (QED) is 0.940. The SMILES string of the molecule is COc1ccc2nc(CN3CCC(C)(CN)C3)sc2c1. The average Bonchev–Trinajstić information content (AvgIpc) is 3.02. The van der Waals surface area contributed by atoms with Crippen molar-refractivity contribution < 1.29 is 4.74 Å². The van der Waals surface area contributed by atoms with Gasteiger partial charge in [0.2, 0.25) is 0 Å². The van der Waals surface area contributed by atoms with Crippen LogP contribution in [-0.4, -0.2) is 36.6 Å². The van der Waals surface area contributed by atoms with Crippen molar-refractivity contribution in [3.8, 4) is 5.75 Å². The molecule has 0 spiro atoms. The van der Waals surface area contributed by atoms with Gasteiger partial charge in [0.15, 0.2) is 0 Å². The number of rotatable bonds is 4. The van der Waals surface area contributed by atoms with Crippen LogP contribution in [0, 0.1) is 5.41 Å². The van der Waals surface area contributed by atoms with Crippen LogP contribution < -0.4 is 10.5 Å². The van der Waals surface area contributed by atoms with Crippen molar-refractivity contribution in [2.75, 3.05) is 26.7 Å². The highest BCUT2D eigenvalue weighted by molar-refractivity contribution is 7.18. The molecule has 1 atom stereocenters. The summed E-state index contributed by atoms with van der Waals surface area (Å²) >= 11 is 1.76. The summed E-state index contributed by atoms with van der Waals surface area (Å²) in [4.78, 5) is 7.18. The molecular weight excluding hydrogens is 270 g/mol. The van der Waals surface area contributed by atoms with Gasteiger partial charge < -0.3 is 10.5 Å². The van der Waals surface area contributed by atoms with Gasteiger partial charge in [0.1, 0.15) is 10.8 Å². The summed E-state index contributed by atoms with van der Waals surface area (Å²) < 4.78 is 6.46. The fraction of sp³-hybridized carbons (Fsp3) is 0.533. The van der Waals surface area contributed by atoms with Crippen LogP contribution in [0.25, 0.3) is 10.2 Å². The van der Waals surface area contributed by atoms with E-state index in [1.54, 1.807) is 18.4 Å². The van der Waals surface area contributed by atoms with Gasteiger partial charge in [-0.25, -0.2) is 4.98 Å². The van der Waals surface area contributed by atoms with Crippen LogP contribution in [0.2, 0.25) is 0 Å². The maximum absolute atomic E-state index is 5.86. The van der Waals surface area contributed by atoms with E-state index >= 15 is 0 Å². The molecule has 0 radical (unpaired) electrons. The Hall–Kier alpha value is -1.17. The Morgan fingerprint density at radius 3 is 3.05 bits per heavy atom. The molecule has 5 heteroatoms. The molecule has 1 aromatic carbocycles. The predicted molar refractivity (Wildman–Crippen MR) is 83.2 cm³/mol. The molecule has 2 N–H and O–H groups in total. The summed E-state index contributed by atoms with van der Waals surface area (Å²) in [6.45, 7) is 6.16. The van der Waals surface area contributed by atoms with Crippen molar-refractivity contribution in [2.24, 2.45) is 11.1 Å². The zero-order valence-electron chi connectivity index (χ0n) is 12.1. The van der Waals surface area contributed by atoms with E-state index in [1.807, 2.05) is 12.1 Å². The Labute approximate surface area is 123 Å². The lowest BCUT2D eigenvalue weighted by Crippen LogP contribution is -2.31. The van der Waals surface area contributed by atoms with Gasteiger partial charge in [-0.2, -0.15) is 0 Å². The number of ether oxygens (including phenoxy) is 1. The zero-order valence-corrected chi connectivity index (χ0v) is 12.9. The number of thiazole rings is 1. The Morgan fingerprint density at radius 2 is 2.35 bits per heavy atom. The molecule has 1 aromatic heterocycles. The Balaban J connectivity index is 1.75. The third kappa shape index (κ3) is 2.66. The van der Waals surface area contributed by atoms with Crippen molar-refractivity contribution in [1.82, 2.24) is 9.88 Å². The maximum atomic E-state index is 5.86. The molecule has 1 saturated heterocycles. The Morgan fingerprint density at radius 1 is 1.50 bits per heavy atom. The smallest absolute Gasteiger partial charge is 0.120 e. The third-order valence-corrected chi connectivity index (χ3v) is 5.13. The molecule has 2 heterocycles. The number of nitrogens with two attached hydrogens (primary N) is 1. The first-order chi connectivity index (χ1) is 9.62. The van der Waals surface area contributed by atoms with Crippen LogP contribution in [0.3, 0.4) is 0 Å². The highest BCUT2D eigenvalue weighted by Gasteiger charge is 2.32. The third-order valence-electron chi connectivity index (χ3n) is 4.13. The molecule has 108 valence electrons. The number of hydrogen-bond acceptors (Lipinski definition) is 5. The zero-order chi connectivity index (χ0) is 14.2. The molecule has 2 aromatic rings. The van der Waals surface area contributed by atoms with Crippen LogP contribution in [0.4, 0.5) is 0 Å². The Bertz CT molecular complexity index is 612. The molecule has 4 nitrogen and oxygen atoms in total. The van der Waals surface area contributed by atoms with E-state index in [9.17, 15) is 0 Å². The first kappa shape index (κ1) is 13.8. The molecule has 3 rings (SSSR count). The minimum absolute atomic E-state index is 0.278. The number of methoxy groups -OCH3 is 1. The van der Waals surface area contributed by atoms with Gasteiger partial charge in [0.05, 0.1) is 23.9 Å². The lowest BCUT2D eigenvalue weighted by Gasteiger charge is -2.21. The molecule has 0 saturated carbocycles. The molecular formula is C15H21N3OS. The van der Waals surface area contributed by atoms with E-state index in [4.69, 9.17) is 15.5 Å². The average molecular weight is 291 g/mol. The van der Waals surface area contributed by atoms with E-state index < -0.39 is 0 Å². The van der Waals surface area contributed by atoms with Crippen LogP contribution in [0.5, 0.6) is 5.75 Å². The molecule has 1 aliphatic heterocycles. The summed E-state index contributed by atoms with van der Waals surface area (Å²) in [6.07, 6.45) is 1.18. The molecule has 0 bridgehead atoms. The van der Waals surface area contributed by atoms with Gasteiger partial charge in [-0.3, -0.25) is 4.90 Å². The second-order valence-corrected chi connectivity index (χ2v) is 7.03. The Kier molecular flexibility index (Phi) is 3.67. The number of nitrogens with zero attached hydrogens (tertiary/aromatic N) is 2. The number of aromatic nitrogens is 1. The first-order valence-electron chi connectivity index (χ1n) is 6.98. The molecule has 1 unspecified atom stereocenters. The number of likely N-dealkylation sites (tertiary alicyclic amines) is 1. The molecule has 0 amide bonds. The first-order valence-corrected chi connectivity index (χ1v) is 7.79. The summed E-state index contributed by atoms with van der Waals surface area (Å²) in [7, 11) is 1.70. The van der Waals surface area contributed by atoms with Crippen LogP contribution in [0.15, 0.2) is 18.2 Å². The van der Waals surface area contributed by atoms with E-state index in [0.717, 1.165) is 37.4 Å². The van der Waals surface area contributed by atoms with E-state index in [1.165, 1.54) is 16.1 Å². The topological polar surface area (TPSA) is 51.4 Å². The van der Waals surface area contributed by atoms with Crippen molar-refractivity contribution >= 4 is 21.6 Å². The van der Waals surface area contributed by atoms with Crippen LogP contribution in [0.1, 0.15) is 18.4 Å². The lowest BCUT2D eigenvalue weighted by molar-refractivity contribution is 0.274. The predicted octanol–water partition coefficient (Wildman–Crippen LogP) is 2.48. The molecule has 20 heavy (non-hydrogen) atoms. The minimum atomic E-state index is 0.278. The second-order valence-electron chi connectivity index (χ2n) is 5.92. The van der Waals surface area contributed by atoms with Crippen molar-refractivity contribution in [1.29, 1.82) is 0 Å². The largest absolute Gasteiger partial charge is 0.497 e. The van der Waals surface area contributed by atoms with Gasteiger partial charge in [-0.1, -0.05) is 6.92 Å². The van der Waals surface area contributed by atoms with Crippen LogP contribution in [-0.2, 0) is 6.54 Å². The van der Waals surface area contributed by atoms with E-state index in [-0.39, 0.29) is 5.41 Å². The van der Waals surface area contributed by atoms with E-state index in [2.05, 4.69) is 17.9 Å². The minimum Gasteiger partial charge on any atom is -0.497 e. The normalized spacial score (nSPS) is 23.6. The highest BCUT2D eigenvalue weighted by Crippen LogP contribution is 2.31. The van der Waals surface area contributed by atoms with Crippen molar-refractivity contribution in [3.05, 3.63) is 23.2 Å². The number of benzene rings is 1. The van der Waals surface area contributed by atoms with Gasteiger partial charge >= 0.3 is 0 Å². The second kappa shape index (κ2) is 5.31. The molecule has 0 aliphatic carbocycles. The maximum Gasteiger partial charge on any atom is 0.120 e. The highest BCUT2D eigenvalue weighted by atomic mass is 32.1. The standard InChI is InChI=1S/C15H21N3OS/c1-15(9-16)5-6-18(10-15)8-14-17-12-4-3-11(19-2)7-13(12)20-14/h3-4,7H,5-6,8-10,16H2,1-2H3. The van der Waals surface area contributed by atoms with Gasteiger partial charge in [0, 0.05) is 6.54 Å². The fourth-order valence-corrected chi connectivity index (χ4v) is 3.80. The number of hydrogen-bond donors (Lipinski definition) is 1. The van der Waals surface area contributed by atoms with Crippen LogP contribution >= 0.6 is 11.3 Å². The van der Waals surface area contributed by atoms with Gasteiger partial charge in [-0.05, 0) is 43.1 Å².